The summed E-state index contributed by atoms with van der Waals surface area (Å²) in [6, 6.07) is 0. The summed E-state index contributed by atoms with van der Waals surface area (Å²) in [6.07, 6.45) is 18.7. The van der Waals surface area contributed by atoms with E-state index in [9.17, 15) is 0 Å². The SMILES string of the molecule is C[C@@]12C=CC[C@H]1[C@@H]1CCC3CCCC[C@@]3(C)[C@H]1CC2. The lowest BCUT2D eigenvalue weighted by molar-refractivity contribution is -0.0969. The van der Waals surface area contributed by atoms with Gasteiger partial charge in [-0.05, 0) is 79.4 Å². The van der Waals surface area contributed by atoms with Crippen LogP contribution < -0.4 is 0 Å². The largest absolute Gasteiger partial charge is 0.0877 e. The van der Waals surface area contributed by atoms with Crippen molar-refractivity contribution in [1.82, 2.24) is 0 Å². The lowest BCUT2D eigenvalue weighted by atomic mass is 9.45. The van der Waals surface area contributed by atoms with Gasteiger partial charge >= 0.3 is 0 Å². The predicted octanol–water partition coefficient (Wildman–Crippen LogP) is 5.59. The van der Waals surface area contributed by atoms with E-state index in [1.807, 2.05) is 0 Å². The van der Waals surface area contributed by atoms with E-state index in [4.69, 9.17) is 0 Å². The van der Waals surface area contributed by atoms with E-state index in [2.05, 4.69) is 26.0 Å². The zero-order valence-corrected chi connectivity index (χ0v) is 12.8. The number of hydrogen-bond acceptors (Lipinski definition) is 0. The Morgan fingerprint density at radius 1 is 0.895 bits per heavy atom. The standard InChI is InChI=1S/C19H30/c1-18-11-5-7-16(18)15-9-8-14-6-3-4-12-19(14,2)17(15)10-13-18/h5,11,14-17H,3-4,6-10,12-13H2,1-2H3/t14?,15-,16-,17-,18-,19+/m0/s1. The molecule has 0 amide bonds. The Kier molecular flexibility index (Phi) is 2.71. The maximum absolute atomic E-state index is 2.68. The molecule has 0 aliphatic heterocycles. The van der Waals surface area contributed by atoms with Crippen LogP contribution in [0.4, 0.5) is 0 Å². The van der Waals surface area contributed by atoms with Gasteiger partial charge in [0.15, 0.2) is 0 Å². The summed E-state index contributed by atoms with van der Waals surface area (Å²) in [7, 11) is 0. The molecule has 0 aromatic carbocycles. The van der Waals surface area contributed by atoms with Crippen molar-refractivity contribution in [2.75, 3.05) is 0 Å². The van der Waals surface area contributed by atoms with Gasteiger partial charge in [-0.15, -0.1) is 0 Å². The second-order valence-electron chi connectivity index (χ2n) is 8.59. The molecule has 3 saturated carbocycles. The van der Waals surface area contributed by atoms with E-state index in [1.165, 1.54) is 38.5 Å². The zero-order valence-electron chi connectivity index (χ0n) is 12.8. The third-order valence-corrected chi connectivity index (χ3v) is 7.91. The normalized spacial score (nSPS) is 56.3. The lowest BCUT2D eigenvalue weighted by Crippen LogP contribution is -2.51. The Bertz CT molecular complexity index is 395. The van der Waals surface area contributed by atoms with Crippen molar-refractivity contribution in [2.45, 2.75) is 71.6 Å². The van der Waals surface area contributed by atoms with Gasteiger partial charge < -0.3 is 0 Å². The number of allylic oxidation sites excluding steroid dienone is 2. The van der Waals surface area contributed by atoms with E-state index in [0.29, 0.717) is 10.8 Å². The lowest BCUT2D eigenvalue weighted by Gasteiger charge is -2.59. The molecule has 0 heteroatoms. The van der Waals surface area contributed by atoms with Crippen LogP contribution in [-0.4, -0.2) is 0 Å². The van der Waals surface area contributed by atoms with Gasteiger partial charge in [-0.25, -0.2) is 0 Å². The maximum Gasteiger partial charge on any atom is -0.0112 e. The molecule has 0 radical (unpaired) electrons. The predicted molar refractivity (Wildman–Crippen MR) is 80.9 cm³/mol. The summed E-state index contributed by atoms with van der Waals surface area (Å²) in [4.78, 5) is 0. The van der Waals surface area contributed by atoms with Gasteiger partial charge in [-0.3, -0.25) is 0 Å². The average Bonchev–Trinajstić information content (AvgIpc) is 2.79. The van der Waals surface area contributed by atoms with Crippen LogP contribution >= 0.6 is 0 Å². The van der Waals surface area contributed by atoms with Gasteiger partial charge in [0.05, 0.1) is 0 Å². The summed E-state index contributed by atoms with van der Waals surface area (Å²) in [5, 5.41) is 0. The summed E-state index contributed by atoms with van der Waals surface area (Å²) in [5.74, 6) is 4.17. The monoisotopic (exact) mass is 258 g/mol. The highest BCUT2D eigenvalue weighted by molar-refractivity contribution is 5.16. The molecule has 106 valence electrons. The van der Waals surface area contributed by atoms with Crippen molar-refractivity contribution < 1.29 is 0 Å². The fourth-order valence-corrected chi connectivity index (χ4v) is 6.78. The fourth-order valence-electron chi connectivity index (χ4n) is 6.78. The van der Waals surface area contributed by atoms with Crippen LogP contribution in [0.15, 0.2) is 12.2 Å². The smallest absolute Gasteiger partial charge is 0.0112 e. The first-order valence-corrected chi connectivity index (χ1v) is 8.81. The Morgan fingerprint density at radius 3 is 2.68 bits per heavy atom. The van der Waals surface area contributed by atoms with Crippen molar-refractivity contribution in [3.63, 3.8) is 0 Å². The minimum absolute atomic E-state index is 0.568. The Balaban J connectivity index is 1.65. The molecule has 6 atom stereocenters. The molecular formula is C19H30. The van der Waals surface area contributed by atoms with Crippen molar-refractivity contribution >= 4 is 0 Å². The molecule has 1 unspecified atom stereocenters. The number of rotatable bonds is 0. The van der Waals surface area contributed by atoms with Crippen LogP contribution in [0.25, 0.3) is 0 Å². The molecule has 0 bridgehead atoms. The van der Waals surface area contributed by atoms with Gasteiger partial charge in [-0.2, -0.15) is 0 Å². The van der Waals surface area contributed by atoms with Crippen LogP contribution in [0.3, 0.4) is 0 Å². The molecule has 4 aliphatic rings. The second-order valence-corrected chi connectivity index (χ2v) is 8.59. The van der Waals surface area contributed by atoms with E-state index in [0.717, 1.165) is 23.7 Å². The first-order chi connectivity index (χ1) is 9.13. The minimum atomic E-state index is 0.568. The highest BCUT2D eigenvalue weighted by Crippen LogP contribution is 2.64. The zero-order chi connectivity index (χ0) is 13.1. The molecule has 0 nitrogen and oxygen atoms in total. The second kappa shape index (κ2) is 4.12. The molecule has 0 heterocycles. The van der Waals surface area contributed by atoms with Crippen LogP contribution in [0, 0.1) is 34.5 Å². The van der Waals surface area contributed by atoms with Crippen LogP contribution in [0.5, 0.6) is 0 Å². The van der Waals surface area contributed by atoms with Crippen molar-refractivity contribution in [2.24, 2.45) is 34.5 Å². The van der Waals surface area contributed by atoms with E-state index >= 15 is 0 Å². The van der Waals surface area contributed by atoms with Crippen molar-refractivity contribution in [3.8, 4) is 0 Å². The Labute approximate surface area is 119 Å². The van der Waals surface area contributed by atoms with Gasteiger partial charge in [-0.1, -0.05) is 38.8 Å². The summed E-state index contributed by atoms with van der Waals surface area (Å²) in [6.45, 7) is 5.23. The van der Waals surface area contributed by atoms with Crippen molar-refractivity contribution in [1.29, 1.82) is 0 Å². The third-order valence-electron chi connectivity index (χ3n) is 7.91. The summed E-state index contributed by atoms with van der Waals surface area (Å²) in [5.41, 5.74) is 1.28. The van der Waals surface area contributed by atoms with Gasteiger partial charge in [0.25, 0.3) is 0 Å². The van der Waals surface area contributed by atoms with Crippen molar-refractivity contribution in [3.05, 3.63) is 12.2 Å². The number of hydrogen-bond donors (Lipinski definition) is 0. The molecule has 0 aromatic heterocycles. The van der Waals surface area contributed by atoms with Crippen LogP contribution in [-0.2, 0) is 0 Å². The fraction of sp³-hybridized carbons (Fsp3) is 0.895. The average molecular weight is 258 g/mol. The summed E-state index contributed by atoms with van der Waals surface area (Å²) >= 11 is 0. The molecular weight excluding hydrogens is 228 g/mol. The van der Waals surface area contributed by atoms with E-state index in [-0.39, 0.29) is 0 Å². The highest BCUT2D eigenvalue weighted by atomic mass is 14.6. The van der Waals surface area contributed by atoms with Gasteiger partial charge in [0.2, 0.25) is 0 Å². The van der Waals surface area contributed by atoms with Crippen LogP contribution in [0.2, 0.25) is 0 Å². The first-order valence-electron chi connectivity index (χ1n) is 8.81. The summed E-state index contributed by atoms with van der Waals surface area (Å²) < 4.78 is 0. The van der Waals surface area contributed by atoms with Crippen LogP contribution in [0.1, 0.15) is 71.6 Å². The van der Waals surface area contributed by atoms with E-state index in [1.54, 1.807) is 19.3 Å². The van der Waals surface area contributed by atoms with E-state index < -0.39 is 0 Å². The Morgan fingerprint density at radius 2 is 1.79 bits per heavy atom. The topological polar surface area (TPSA) is 0 Å². The molecule has 0 spiro atoms. The molecule has 19 heavy (non-hydrogen) atoms. The maximum atomic E-state index is 2.68. The van der Waals surface area contributed by atoms with Gasteiger partial charge in [0.1, 0.15) is 0 Å². The highest BCUT2D eigenvalue weighted by Gasteiger charge is 2.56. The third kappa shape index (κ3) is 1.64. The quantitative estimate of drug-likeness (QED) is 0.497. The Hall–Kier alpha value is -0.260. The molecule has 4 rings (SSSR count). The van der Waals surface area contributed by atoms with Gasteiger partial charge in [0, 0.05) is 0 Å². The number of fused-ring (bicyclic) bond motifs is 5. The molecule has 0 saturated heterocycles. The molecule has 0 aromatic rings. The first kappa shape index (κ1) is 12.5. The minimum Gasteiger partial charge on any atom is -0.0877 e. The molecule has 4 aliphatic carbocycles. The molecule has 3 fully saturated rings. The molecule has 0 N–H and O–H groups in total.